The first-order chi connectivity index (χ1) is 17.8. The van der Waals surface area contributed by atoms with Gasteiger partial charge >= 0.3 is 18.5 Å². The quantitative estimate of drug-likeness (QED) is 0.216. The number of hydrogen-bond donors (Lipinski definition) is 2. The molecule has 0 fully saturated rings. The van der Waals surface area contributed by atoms with Gasteiger partial charge in [-0.1, -0.05) is 50.1 Å². The van der Waals surface area contributed by atoms with E-state index >= 15 is 0 Å². The Balaban J connectivity index is 2.29. The predicted octanol–water partition coefficient (Wildman–Crippen LogP) is 8.12. The highest BCUT2D eigenvalue weighted by molar-refractivity contribution is 9.11. The lowest BCUT2D eigenvalue weighted by Crippen LogP contribution is -2.46. The molecule has 2 amide bonds. The van der Waals surface area contributed by atoms with E-state index in [-0.39, 0.29) is 11.1 Å². The number of amides is 2. The Morgan fingerprint density at radius 2 is 1.49 bits per heavy atom. The van der Waals surface area contributed by atoms with Crippen molar-refractivity contribution in [2.24, 2.45) is 0 Å². The maximum Gasteiger partial charge on any atom is 0.417 e. The average molecular weight is 698 g/mol. The van der Waals surface area contributed by atoms with Crippen LogP contribution < -0.4 is 10.6 Å². The monoisotopic (exact) mass is 696 g/mol. The molecule has 0 saturated carbocycles. The summed E-state index contributed by atoms with van der Waals surface area (Å²) in [6.45, 7) is 1.13. The molecular weight excluding hydrogens is 679 g/mol. The molecule has 0 saturated heterocycles. The minimum absolute atomic E-state index is 0.182. The number of hydrogen-bond acceptors (Lipinski definition) is 2. The SMILES string of the molecule is C[C@H](NC(=O)CCC(F)(F)F)NC(=O)c1ccc(C=CC(c2cc(Br)cc(Br)c2)C(F)(F)F)cc1C(F)(F)F. The molecular formula is C24H19Br2F9N2O2. The van der Waals surface area contributed by atoms with Gasteiger partial charge in [0.05, 0.1) is 29.6 Å². The zero-order valence-corrected chi connectivity index (χ0v) is 22.8. The van der Waals surface area contributed by atoms with Crippen molar-refractivity contribution in [1.29, 1.82) is 0 Å². The first-order valence-electron chi connectivity index (χ1n) is 10.9. The minimum atomic E-state index is -5.09. The highest BCUT2D eigenvalue weighted by atomic mass is 79.9. The van der Waals surface area contributed by atoms with Gasteiger partial charge in [0.1, 0.15) is 0 Å². The molecule has 0 aliphatic rings. The number of benzene rings is 2. The van der Waals surface area contributed by atoms with Crippen molar-refractivity contribution < 1.29 is 49.1 Å². The van der Waals surface area contributed by atoms with Crippen LogP contribution in [-0.4, -0.2) is 30.3 Å². The molecule has 2 rings (SSSR count). The van der Waals surface area contributed by atoms with Crippen molar-refractivity contribution >= 4 is 49.8 Å². The van der Waals surface area contributed by atoms with Gasteiger partial charge < -0.3 is 10.6 Å². The van der Waals surface area contributed by atoms with Crippen molar-refractivity contribution in [3.05, 3.63) is 73.7 Å². The highest BCUT2D eigenvalue weighted by Gasteiger charge is 2.39. The Morgan fingerprint density at radius 1 is 0.897 bits per heavy atom. The second kappa shape index (κ2) is 12.7. The largest absolute Gasteiger partial charge is 0.417 e. The van der Waals surface area contributed by atoms with E-state index in [1.807, 2.05) is 10.6 Å². The second-order valence-electron chi connectivity index (χ2n) is 8.26. The van der Waals surface area contributed by atoms with Crippen molar-refractivity contribution in [3.8, 4) is 0 Å². The Bertz CT molecular complexity index is 1210. The molecule has 0 radical (unpaired) electrons. The van der Waals surface area contributed by atoms with Crippen LogP contribution in [0.5, 0.6) is 0 Å². The molecule has 0 aliphatic heterocycles. The molecule has 0 bridgehead atoms. The van der Waals surface area contributed by atoms with E-state index in [4.69, 9.17) is 0 Å². The van der Waals surface area contributed by atoms with Crippen molar-refractivity contribution in [2.75, 3.05) is 0 Å². The zero-order chi connectivity index (χ0) is 29.8. The Kier molecular flexibility index (Phi) is 10.7. The van der Waals surface area contributed by atoms with Crippen molar-refractivity contribution in [2.45, 2.75) is 50.4 Å². The number of carbonyl (C=O) groups excluding carboxylic acids is 2. The Hall–Kier alpha value is -2.55. The molecule has 2 N–H and O–H groups in total. The van der Waals surface area contributed by atoms with Gasteiger partial charge in [0.2, 0.25) is 5.91 Å². The summed E-state index contributed by atoms with van der Waals surface area (Å²) in [7, 11) is 0. The number of alkyl halides is 9. The third-order valence-electron chi connectivity index (χ3n) is 5.03. The van der Waals surface area contributed by atoms with Gasteiger partial charge in [-0.15, -0.1) is 0 Å². The van der Waals surface area contributed by atoms with Gasteiger partial charge in [-0.05, 0) is 48.4 Å². The Labute approximate surface area is 233 Å². The fraction of sp³-hybridized carbons (Fsp3) is 0.333. The molecule has 2 aromatic rings. The number of halogens is 11. The summed E-state index contributed by atoms with van der Waals surface area (Å²) in [4.78, 5) is 24.1. The van der Waals surface area contributed by atoms with Crippen LogP contribution in [0.3, 0.4) is 0 Å². The average Bonchev–Trinajstić information content (AvgIpc) is 2.75. The van der Waals surface area contributed by atoms with E-state index in [2.05, 4.69) is 31.9 Å². The molecule has 0 spiro atoms. The van der Waals surface area contributed by atoms with Crippen LogP contribution in [0.15, 0.2) is 51.4 Å². The van der Waals surface area contributed by atoms with Gasteiger partial charge in [-0.3, -0.25) is 9.59 Å². The summed E-state index contributed by atoms with van der Waals surface area (Å²) < 4.78 is 120. The standard InChI is InChI=1S/C24H19Br2F9N2O2/c1-12(36-20(38)6-7-22(27,28)29)37-21(39)17-4-2-13(8-19(17)24(33,34)35)3-5-18(23(30,31)32)14-9-15(25)11-16(26)10-14/h2-5,8-12,18H,6-7H2,1H3,(H,36,38)(H,37,39)/t12-,18?/m1/s1. The van der Waals surface area contributed by atoms with Crippen LogP contribution in [0.1, 0.15) is 52.7 Å². The Morgan fingerprint density at radius 3 is 2.00 bits per heavy atom. The highest BCUT2D eigenvalue weighted by Crippen LogP contribution is 2.39. The van der Waals surface area contributed by atoms with Gasteiger partial charge in [0.15, 0.2) is 0 Å². The number of nitrogens with one attached hydrogen (secondary N) is 2. The molecule has 39 heavy (non-hydrogen) atoms. The summed E-state index contributed by atoms with van der Waals surface area (Å²) in [6.07, 6.45) is -16.6. The summed E-state index contributed by atoms with van der Waals surface area (Å²) in [5, 5.41) is 4.05. The van der Waals surface area contributed by atoms with Crippen LogP contribution in [0.2, 0.25) is 0 Å². The lowest BCUT2D eigenvalue weighted by molar-refractivity contribution is -0.144. The molecule has 2 atom stereocenters. The lowest BCUT2D eigenvalue weighted by Gasteiger charge is -2.19. The molecule has 0 aliphatic carbocycles. The smallest absolute Gasteiger partial charge is 0.336 e. The van der Waals surface area contributed by atoms with E-state index in [9.17, 15) is 49.1 Å². The number of carbonyl (C=O) groups is 2. The summed E-state index contributed by atoms with van der Waals surface area (Å²) >= 11 is 6.18. The molecule has 4 nitrogen and oxygen atoms in total. The van der Waals surface area contributed by atoms with Crippen LogP contribution in [-0.2, 0) is 11.0 Å². The number of allylic oxidation sites excluding steroid dienone is 1. The van der Waals surface area contributed by atoms with Gasteiger partial charge in [-0.25, -0.2) is 0 Å². The predicted molar refractivity (Wildman–Crippen MR) is 131 cm³/mol. The first-order valence-corrected chi connectivity index (χ1v) is 12.4. The maximum absolute atomic E-state index is 13.7. The molecule has 2 aromatic carbocycles. The molecule has 0 heterocycles. The molecule has 0 aromatic heterocycles. The zero-order valence-electron chi connectivity index (χ0n) is 19.7. The molecule has 15 heteroatoms. The second-order valence-corrected chi connectivity index (χ2v) is 10.1. The van der Waals surface area contributed by atoms with Crippen LogP contribution in [0, 0.1) is 0 Å². The third-order valence-corrected chi connectivity index (χ3v) is 5.95. The fourth-order valence-electron chi connectivity index (χ4n) is 3.35. The summed E-state index contributed by atoms with van der Waals surface area (Å²) in [5.41, 5.74) is -2.83. The van der Waals surface area contributed by atoms with Gasteiger partial charge in [-0.2, -0.15) is 39.5 Å². The van der Waals surface area contributed by atoms with Crippen LogP contribution in [0.4, 0.5) is 39.5 Å². The van der Waals surface area contributed by atoms with Crippen LogP contribution in [0.25, 0.3) is 6.08 Å². The van der Waals surface area contributed by atoms with Crippen molar-refractivity contribution in [1.82, 2.24) is 10.6 Å². The normalized spacial score (nSPS) is 14.3. The van der Waals surface area contributed by atoms with E-state index in [0.29, 0.717) is 21.1 Å². The van der Waals surface area contributed by atoms with Gasteiger partial charge in [0, 0.05) is 15.4 Å². The third kappa shape index (κ3) is 10.5. The van der Waals surface area contributed by atoms with E-state index in [0.717, 1.165) is 25.1 Å². The molecule has 1 unspecified atom stereocenters. The molecule has 214 valence electrons. The van der Waals surface area contributed by atoms with Crippen LogP contribution >= 0.6 is 31.9 Å². The minimum Gasteiger partial charge on any atom is -0.336 e. The number of rotatable bonds is 8. The van der Waals surface area contributed by atoms with Crippen molar-refractivity contribution in [3.63, 3.8) is 0 Å². The lowest BCUT2D eigenvalue weighted by atomic mass is 9.96. The van der Waals surface area contributed by atoms with E-state index in [1.165, 1.54) is 18.2 Å². The maximum atomic E-state index is 13.7. The van der Waals surface area contributed by atoms with E-state index in [1.54, 1.807) is 0 Å². The fourth-order valence-corrected chi connectivity index (χ4v) is 4.68. The summed E-state index contributed by atoms with van der Waals surface area (Å²) in [6, 6.07) is 6.17. The topological polar surface area (TPSA) is 58.2 Å². The summed E-state index contributed by atoms with van der Waals surface area (Å²) in [5.74, 6) is -4.56. The van der Waals surface area contributed by atoms with Gasteiger partial charge in [0.25, 0.3) is 5.91 Å². The van der Waals surface area contributed by atoms with E-state index < -0.39 is 66.4 Å². The first kappa shape index (κ1) is 32.7.